The van der Waals surface area contributed by atoms with Crippen LogP contribution in [0.25, 0.3) is 23.0 Å². The lowest BCUT2D eigenvalue weighted by Crippen LogP contribution is -2.04. The lowest BCUT2D eigenvalue weighted by Gasteiger charge is -2.00. The molecule has 0 atom stereocenters. The van der Waals surface area contributed by atoms with Gasteiger partial charge in [-0.3, -0.25) is 9.97 Å². The van der Waals surface area contributed by atoms with Gasteiger partial charge in [-0.1, -0.05) is 12.1 Å². The molecule has 0 spiro atoms. The van der Waals surface area contributed by atoms with E-state index in [9.17, 15) is 0 Å². The fourth-order valence-electron chi connectivity index (χ4n) is 2.04. The molecule has 0 bridgehead atoms. The van der Waals surface area contributed by atoms with Crippen LogP contribution in [0.3, 0.4) is 0 Å². The van der Waals surface area contributed by atoms with Crippen LogP contribution in [0.5, 0.6) is 0 Å². The topological polar surface area (TPSA) is 207 Å². The van der Waals surface area contributed by atoms with Crippen LogP contribution >= 0.6 is 0 Å². The first-order chi connectivity index (χ1) is 13.5. The lowest BCUT2D eigenvalue weighted by atomic mass is 10.3. The molecule has 0 aliphatic rings. The van der Waals surface area contributed by atoms with E-state index in [0.717, 1.165) is 0 Å². The van der Waals surface area contributed by atoms with Crippen molar-refractivity contribution in [2.24, 2.45) is 0 Å². The molecular formula is C16H16N12. The Morgan fingerprint density at radius 2 is 0.821 bits per heavy atom. The smallest absolute Gasteiger partial charge is 0.225 e. The number of nitrogens with two attached hydrogens (primary N) is 4. The molecule has 0 aliphatic carbocycles. The summed E-state index contributed by atoms with van der Waals surface area (Å²) in [7, 11) is 0. The molecule has 28 heavy (non-hydrogen) atoms. The summed E-state index contributed by atoms with van der Waals surface area (Å²) in [6.07, 6.45) is 3.29. The van der Waals surface area contributed by atoms with Crippen molar-refractivity contribution in [3.05, 3.63) is 48.8 Å². The molecule has 0 radical (unpaired) electrons. The molecule has 140 valence electrons. The number of nitrogens with zero attached hydrogens (tertiary/aromatic N) is 8. The molecule has 0 aromatic carbocycles. The van der Waals surface area contributed by atoms with Crippen LogP contribution in [0.4, 0.5) is 23.8 Å². The maximum Gasteiger partial charge on any atom is 0.225 e. The summed E-state index contributed by atoms with van der Waals surface area (Å²) >= 11 is 0. The Kier molecular flexibility index (Phi) is 5.41. The number of anilines is 4. The number of rotatable bonds is 2. The number of nitrogen functional groups attached to an aromatic ring is 4. The first kappa shape index (κ1) is 18.3. The molecule has 8 N–H and O–H groups in total. The van der Waals surface area contributed by atoms with E-state index in [1.165, 1.54) is 0 Å². The third-order valence-electron chi connectivity index (χ3n) is 3.13. The Labute approximate surface area is 159 Å². The highest BCUT2D eigenvalue weighted by atomic mass is 15.2. The number of aromatic nitrogens is 8. The van der Waals surface area contributed by atoms with E-state index in [4.69, 9.17) is 22.9 Å². The van der Waals surface area contributed by atoms with Gasteiger partial charge in [-0.05, 0) is 24.3 Å². The van der Waals surface area contributed by atoms with Crippen molar-refractivity contribution >= 4 is 23.8 Å². The van der Waals surface area contributed by atoms with E-state index in [0.29, 0.717) is 23.0 Å². The fraction of sp³-hybridized carbons (Fsp3) is 0. The molecule has 0 amide bonds. The Morgan fingerprint density at radius 3 is 1.11 bits per heavy atom. The van der Waals surface area contributed by atoms with E-state index in [-0.39, 0.29) is 23.8 Å². The summed E-state index contributed by atoms with van der Waals surface area (Å²) < 4.78 is 0. The van der Waals surface area contributed by atoms with Gasteiger partial charge in [0.1, 0.15) is 11.4 Å². The van der Waals surface area contributed by atoms with Gasteiger partial charge in [-0.15, -0.1) is 0 Å². The summed E-state index contributed by atoms with van der Waals surface area (Å²) in [4.78, 5) is 31.1. The number of hydrogen-bond acceptors (Lipinski definition) is 12. The molecule has 4 rings (SSSR count). The minimum atomic E-state index is 0.0955. The highest BCUT2D eigenvalue weighted by Gasteiger charge is 2.05. The van der Waals surface area contributed by atoms with Gasteiger partial charge in [0.25, 0.3) is 0 Å². The van der Waals surface area contributed by atoms with Crippen molar-refractivity contribution in [1.82, 2.24) is 39.9 Å². The second-order valence-electron chi connectivity index (χ2n) is 5.18. The average molecular weight is 376 g/mol. The van der Waals surface area contributed by atoms with Crippen LogP contribution < -0.4 is 22.9 Å². The molecule has 12 heteroatoms. The standard InChI is InChI=1S/2C8H8N6/c2*9-7-12-6(13-8(10)14-7)5-3-1-2-4-11-5/h2*1-4H,(H4,9,10,12,13,14). The van der Waals surface area contributed by atoms with Crippen LogP contribution in [0.15, 0.2) is 48.8 Å². The van der Waals surface area contributed by atoms with Gasteiger partial charge in [0.15, 0.2) is 11.6 Å². The van der Waals surface area contributed by atoms with Gasteiger partial charge in [0.05, 0.1) is 0 Å². The van der Waals surface area contributed by atoms with Gasteiger partial charge in [-0.25, -0.2) is 0 Å². The minimum Gasteiger partial charge on any atom is -0.368 e. The van der Waals surface area contributed by atoms with Crippen molar-refractivity contribution < 1.29 is 0 Å². The molecule has 0 saturated carbocycles. The van der Waals surface area contributed by atoms with Crippen LogP contribution in [0.2, 0.25) is 0 Å². The SMILES string of the molecule is Nc1nc(N)nc(-c2ccccn2)n1.Nc1nc(N)nc(-c2ccccn2)n1. The third kappa shape index (κ3) is 4.78. The molecule has 0 saturated heterocycles. The molecule has 0 aliphatic heterocycles. The predicted molar refractivity (Wildman–Crippen MR) is 104 cm³/mol. The lowest BCUT2D eigenvalue weighted by molar-refractivity contribution is 1.07. The van der Waals surface area contributed by atoms with E-state index < -0.39 is 0 Å². The Hall–Kier alpha value is -4.48. The molecular weight excluding hydrogens is 360 g/mol. The molecule has 0 unspecified atom stereocenters. The quantitative estimate of drug-likeness (QED) is 0.370. The zero-order valence-electron chi connectivity index (χ0n) is 14.5. The van der Waals surface area contributed by atoms with Gasteiger partial charge in [0.2, 0.25) is 23.8 Å². The second-order valence-corrected chi connectivity index (χ2v) is 5.18. The van der Waals surface area contributed by atoms with Crippen LogP contribution in [0, 0.1) is 0 Å². The van der Waals surface area contributed by atoms with E-state index in [1.807, 2.05) is 12.1 Å². The van der Waals surface area contributed by atoms with Crippen LogP contribution in [-0.2, 0) is 0 Å². The monoisotopic (exact) mass is 376 g/mol. The van der Waals surface area contributed by atoms with Gasteiger partial charge < -0.3 is 22.9 Å². The van der Waals surface area contributed by atoms with Crippen LogP contribution in [-0.4, -0.2) is 39.9 Å². The molecule has 4 heterocycles. The summed E-state index contributed by atoms with van der Waals surface area (Å²) in [5, 5.41) is 0. The summed E-state index contributed by atoms with van der Waals surface area (Å²) in [5.41, 5.74) is 22.9. The van der Waals surface area contributed by atoms with Crippen molar-refractivity contribution in [1.29, 1.82) is 0 Å². The number of pyridine rings is 2. The summed E-state index contributed by atoms with van der Waals surface area (Å²) in [6.45, 7) is 0. The Balaban J connectivity index is 0.000000161. The largest absolute Gasteiger partial charge is 0.368 e. The zero-order valence-corrected chi connectivity index (χ0v) is 14.5. The maximum atomic E-state index is 5.43. The third-order valence-corrected chi connectivity index (χ3v) is 3.13. The predicted octanol–water partition coefficient (Wildman–Crippen LogP) is 0.196. The van der Waals surface area contributed by atoms with Crippen molar-refractivity contribution in [2.45, 2.75) is 0 Å². The normalized spacial score (nSPS) is 10.0. The molecule has 12 nitrogen and oxygen atoms in total. The minimum absolute atomic E-state index is 0.0955. The van der Waals surface area contributed by atoms with Crippen LogP contribution in [0.1, 0.15) is 0 Å². The fourth-order valence-corrected chi connectivity index (χ4v) is 2.04. The second kappa shape index (κ2) is 8.27. The molecule has 4 aromatic heterocycles. The summed E-state index contributed by atoms with van der Waals surface area (Å²) in [6, 6.07) is 10.8. The maximum absolute atomic E-state index is 5.43. The average Bonchev–Trinajstić information content (AvgIpc) is 2.68. The van der Waals surface area contributed by atoms with Gasteiger partial charge >= 0.3 is 0 Å². The van der Waals surface area contributed by atoms with Gasteiger partial charge in [0, 0.05) is 12.4 Å². The first-order valence-electron chi connectivity index (χ1n) is 7.88. The summed E-state index contributed by atoms with van der Waals surface area (Å²) in [5.74, 6) is 1.15. The molecule has 4 aromatic rings. The van der Waals surface area contributed by atoms with Gasteiger partial charge in [-0.2, -0.15) is 29.9 Å². The Bertz CT molecular complexity index is 928. The first-order valence-corrected chi connectivity index (χ1v) is 7.88. The highest BCUT2D eigenvalue weighted by molar-refractivity contribution is 5.52. The van der Waals surface area contributed by atoms with E-state index in [1.54, 1.807) is 36.7 Å². The highest BCUT2D eigenvalue weighted by Crippen LogP contribution is 2.12. The van der Waals surface area contributed by atoms with Crippen molar-refractivity contribution in [2.75, 3.05) is 22.9 Å². The van der Waals surface area contributed by atoms with E-state index in [2.05, 4.69) is 39.9 Å². The van der Waals surface area contributed by atoms with E-state index >= 15 is 0 Å². The zero-order chi connectivity index (χ0) is 19.9. The van der Waals surface area contributed by atoms with Crippen molar-refractivity contribution in [3.8, 4) is 23.0 Å². The molecule has 0 fully saturated rings. The Morgan fingerprint density at radius 1 is 0.464 bits per heavy atom. The number of hydrogen-bond donors (Lipinski definition) is 4. The van der Waals surface area contributed by atoms with Crippen molar-refractivity contribution in [3.63, 3.8) is 0 Å².